The number of nitrogens with one attached hydrogen (secondary N) is 1. The van der Waals surface area contributed by atoms with Gasteiger partial charge in [-0.1, -0.05) is 6.07 Å². The minimum Gasteiger partial charge on any atom is -0.392 e. The molecule has 0 saturated carbocycles. The highest BCUT2D eigenvalue weighted by Crippen LogP contribution is 2.22. The number of hydrogen-bond acceptors (Lipinski definition) is 5. The molecule has 2 heterocycles. The van der Waals surface area contributed by atoms with E-state index in [4.69, 9.17) is 5.11 Å². The van der Waals surface area contributed by atoms with Crippen LogP contribution in [0, 0.1) is 0 Å². The van der Waals surface area contributed by atoms with Crippen molar-refractivity contribution in [3.05, 3.63) is 34.4 Å². The van der Waals surface area contributed by atoms with Gasteiger partial charge in [0.15, 0.2) is 5.16 Å². The van der Waals surface area contributed by atoms with Crippen LogP contribution in [0.2, 0.25) is 0 Å². The van der Waals surface area contributed by atoms with Crippen molar-refractivity contribution in [2.75, 3.05) is 0 Å². The van der Waals surface area contributed by atoms with Gasteiger partial charge in [0, 0.05) is 13.2 Å². The first-order chi connectivity index (χ1) is 7.70. The Morgan fingerprint density at radius 1 is 1.56 bits per heavy atom. The van der Waals surface area contributed by atoms with Gasteiger partial charge in [-0.15, -0.1) is 5.10 Å². The molecule has 2 aromatic heterocycles. The van der Waals surface area contributed by atoms with Crippen LogP contribution in [0.3, 0.4) is 0 Å². The van der Waals surface area contributed by atoms with Crippen LogP contribution >= 0.6 is 11.8 Å². The fraction of sp³-hybridized carbons (Fsp3) is 0.222. The average molecular weight is 238 g/mol. The number of pyridine rings is 1. The number of aromatic nitrogens is 4. The quantitative estimate of drug-likeness (QED) is 0.795. The van der Waals surface area contributed by atoms with Gasteiger partial charge in [0.05, 0.1) is 6.61 Å². The van der Waals surface area contributed by atoms with E-state index >= 15 is 0 Å². The van der Waals surface area contributed by atoms with Crippen LogP contribution in [0.5, 0.6) is 0 Å². The van der Waals surface area contributed by atoms with Crippen molar-refractivity contribution in [3.63, 3.8) is 0 Å². The van der Waals surface area contributed by atoms with Crippen molar-refractivity contribution in [1.82, 2.24) is 19.7 Å². The van der Waals surface area contributed by atoms with Gasteiger partial charge in [0.1, 0.15) is 5.03 Å². The van der Waals surface area contributed by atoms with Gasteiger partial charge in [-0.2, -0.15) is 0 Å². The van der Waals surface area contributed by atoms with E-state index < -0.39 is 0 Å². The molecule has 0 aliphatic heterocycles. The molecule has 2 N–H and O–H groups in total. The predicted molar refractivity (Wildman–Crippen MR) is 58.1 cm³/mol. The third-order valence-electron chi connectivity index (χ3n) is 2.01. The summed E-state index contributed by atoms with van der Waals surface area (Å²) in [6, 6.07) is 3.55. The largest absolute Gasteiger partial charge is 0.392 e. The highest BCUT2D eigenvalue weighted by molar-refractivity contribution is 7.99. The first-order valence-electron chi connectivity index (χ1n) is 4.55. The Balaban J connectivity index is 2.20. The highest BCUT2D eigenvalue weighted by atomic mass is 32.2. The summed E-state index contributed by atoms with van der Waals surface area (Å²) in [6.45, 7) is -0.0289. The summed E-state index contributed by atoms with van der Waals surface area (Å²) in [5.41, 5.74) is 0.495. The van der Waals surface area contributed by atoms with E-state index in [-0.39, 0.29) is 12.3 Å². The Hall–Kier alpha value is -1.60. The van der Waals surface area contributed by atoms with E-state index in [1.807, 2.05) is 0 Å². The third-order valence-corrected chi connectivity index (χ3v) is 3.01. The predicted octanol–water partition coefficient (Wildman–Crippen LogP) is 0.147. The Morgan fingerprint density at radius 3 is 2.88 bits per heavy atom. The number of aliphatic hydroxyl groups is 1. The zero-order valence-corrected chi connectivity index (χ0v) is 9.36. The van der Waals surface area contributed by atoms with Crippen LogP contribution < -0.4 is 5.69 Å². The molecule has 2 aromatic rings. The highest BCUT2D eigenvalue weighted by Gasteiger charge is 2.06. The molecule has 0 spiro atoms. The molecular weight excluding hydrogens is 228 g/mol. The fourth-order valence-corrected chi connectivity index (χ4v) is 1.82. The maximum absolute atomic E-state index is 11.1. The van der Waals surface area contributed by atoms with Crippen molar-refractivity contribution in [3.8, 4) is 0 Å². The van der Waals surface area contributed by atoms with Crippen molar-refractivity contribution < 1.29 is 5.11 Å². The van der Waals surface area contributed by atoms with Crippen LogP contribution in [0.4, 0.5) is 0 Å². The van der Waals surface area contributed by atoms with Gasteiger partial charge in [-0.05, 0) is 23.4 Å². The second kappa shape index (κ2) is 4.50. The Morgan fingerprint density at radius 2 is 2.38 bits per heavy atom. The molecule has 0 amide bonds. The van der Waals surface area contributed by atoms with Crippen molar-refractivity contribution >= 4 is 11.8 Å². The van der Waals surface area contributed by atoms with E-state index in [9.17, 15) is 4.79 Å². The summed E-state index contributed by atoms with van der Waals surface area (Å²) >= 11 is 1.28. The van der Waals surface area contributed by atoms with E-state index in [2.05, 4.69) is 15.2 Å². The molecule has 6 nitrogen and oxygen atoms in total. The van der Waals surface area contributed by atoms with Crippen molar-refractivity contribution in [1.29, 1.82) is 0 Å². The number of aliphatic hydroxyl groups excluding tert-OH is 1. The second-order valence-corrected chi connectivity index (χ2v) is 4.12. The molecule has 16 heavy (non-hydrogen) atoms. The summed E-state index contributed by atoms with van der Waals surface area (Å²) < 4.78 is 1.41. The van der Waals surface area contributed by atoms with Crippen LogP contribution in [0.1, 0.15) is 5.56 Å². The van der Waals surface area contributed by atoms with Gasteiger partial charge < -0.3 is 5.11 Å². The lowest BCUT2D eigenvalue weighted by Gasteiger charge is -2.00. The summed E-state index contributed by atoms with van der Waals surface area (Å²) in [6.07, 6.45) is 1.59. The lowest BCUT2D eigenvalue weighted by atomic mass is 10.3. The minimum atomic E-state index is -0.255. The fourth-order valence-electron chi connectivity index (χ4n) is 1.08. The molecular formula is C9H10N4O2S. The first kappa shape index (κ1) is 10.9. The van der Waals surface area contributed by atoms with Crippen molar-refractivity contribution in [2.45, 2.75) is 16.8 Å². The zero-order chi connectivity index (χ0) is 11.5. The first-order valence-corrected chi connectivity index (χ1v) is 5.37. The maximum Gasteiger partial charge on any atom is 0.343 e. The summed E-state index contributed by atoms with van der Waals surface area (Å²) in [7, 11) is 1.64. The van der Waals surface area contributed by atoms with Gasteiger partial charge in [0.25, 0.3) is 0 Å². The summed E-state index contributed by atoms with van der Waals surface area (Å²) in [5.74, 6) is 0. The molecule has 2 rings (SSSR count). The van der Waals surface area contributed by atoms with Crippen LogP contribution in [0.15, 0.2) is 33.3 Å². The molecule has 0 unspecified atom stereocenters. The van der Waals surface area contributed by atoms with Crippen LogP contribution in [-0.4, -0.2) is 24.9 Å². The van der Waals surface area contributed by atoms with E-state index in [0.29, 0.717) is 5.16 Å². The summed E-state index contributed by atoms with van der Waals surface area (Å²) in [5, 5.41) is 16.3. The number of rotatable bonds is 3. The number of aromatic amines is 1. The molecule has 0 aromatic carbocycles. The van der Waals surface area contributed by atoms with Gasteiger partial charge >= 0.3 is 5.69 Å². The van der Waals surface area contributed by atoms with Crippen LogP contribution in [0.25, 0.3) is 0 Å². The molecule has 0 radical (unpaired) electrons. The van der Waals surface area contributed by atoms with E-state index in [1.165, 1.54) is 16.3 Å². The molecule has 0 fully saturated rings. The molecule has 0 aliphatic rings. The number of nitrogens with zero attached hydrogens (tertiary/aromatic N) is 3. The summed E-state index contributed by atoms with van der Waals surface area (Å²) in [4.78, 5) is 15.2. The van der Waals surface area contributed by atoms with E-state index in [1.54, 1.807) is 25.4 Å². The Labute approximate surface area is 95.3 Å². The van der Waals surface area contributed by atoms with Crippen molar-refractivity contribution in [2.24, 2.45) is 7.05 Å². The second-order valence-electron chi connectivity index (χ2n) is 3.14. The molecule has 0 atom stereocenters. The third kappa shape index (κ3) is 2.15. The topological polar surface area (TPSA) is 83.8 Å². The number of H-pyrrole nitrogens is 1. The number of hydrogen-bond donors (Lipinski definition) is 2. The monoisotopic (exact) mass is 238 g/mol. The van der Waals surface area contributed by atoms with Gasteiger partial charge in [0.2, 0.25) is 0 Å². The molecule has 0 aliphatic carbocycles. The SMILES string of the molecule is Cn1c(Sc2ccc(CO)cn2)n[nH]c1=O. The molecule has 7 heteroatoms. The van der Waals surface area contributed by atoms with E-state index in [0.717, 1.165) is 10.6 Å². The Bertz CT molecular complexity index is 531. The average Bonchev–Trinajstić information content (AvgIpc) is 2.62. The standard InChI is InChI=1S/C9H10N4O2S/c1-13-8(15)11-12-9(13)16-7-3-2-6(5-14)4-10-7/h2-4,14H,5H2,1H3,(H,11,15). The normalized spacial score (nSPS) is 10.6. The van der Waals surface area contributed by atoms with Gasteiger partial charge in [-0.25, -0.2) is 14.9 Å². The van der Waals surface area contributed by atoms with Gasteiger partial charge in [-0.3, -0.25) is 4.57 Å². The molecule has 84 valence electrons. The zero-order valence-electron chi connectivity index (χ0n) is 8.54. The molecule has 0 bridgehead atoms. The lowest BCUT2D eigenvalue weighted by Crippen LogP contribution is -2.12. The van der Waals surface area contributed by atoms with Crippen LogP contribution in [-0.2, 0) is 13.7 Å². The lowest BCUT2D eigenvalue weighted by molar-refractivity contribution is 0.281. The molecule has 0 saturated heterocycles. The minimum absolute atomic E-state index is 0.0289. The smallest absolute Gasteiger partial charge is 0.343 e. The Kier molecular flexibility index (Phi) is 3.07. The maximum atomic E-state index is 11.1.